The van der Waals surface area contributed by atoms with E-state index in [2.05, 4.69) is 4.72 Å². The van der Waals surface area contributed by atoms with Crippen LogP contribution in [0.1, 0.15) is 12.5 Å². The van der Waals surface area contributed by atoms with Gasteiger partial charge in [-0.1, -0.05) is 30.3 Å². The van der Waals surface area contributed by atoms with Gasteiger partial charge in [-0.05, 0) is 12.5 Å². The van der Waals surface area contributed by atoms with Crippen LogP contribution in [-0.2, 0) is 25.3 Å². The molecule has 0 unspecified atom stereocenters. The number of benzene rings is 1. The van der Waals surface area contributed by atoms with Gasteiger partial charge in [0.25, 0.3) is 0 Å². The molecule has 2 rings (SSSR count). The molecule has 9 heteroatoms. The molecule has 1 saturated heterocycles. The molecule has 1 heterocycles. The zero-order chi connectivity index (χ0) is 18.3. The van der Waals surface area contributed by atoms with Crippen molar-refractivity contribution in [2.24, 2.45) is 0 Å². The van der Waals surface area contributed by atoms with Gasteiger partial charge in [0, 0.05) is 26.2 Å². The second kappa shape index (κ2) is 8.82. The van der Waals surface area contributed by atoms with Gasteiger partial charge >= 0.3 is 6.09 Å². The van der Waals surface area contributed by atoms with E-state index in [-0.39, 0.29) is 18.2 Å². The van der Waals surface area contributed by atoms with E-state index in [1.165, 1.54) is 4.90 Å². The molecule has 1 aliphatic heterocycles. The SMILES string of the molecule is CCOC(=O)N1CCN(C(=O)CNS(=O)(=O)Cc2ccccc2)CC1. The third kappa shape index (κ3) is 6.02. The van der Waals surface area contributed by atoms with Gasteiger partial charge in [-0.25, -0.2) is 17.9 Å². The highest BCUT2D eigenvalue weighted by Gasteiger charge is 2.25. The van der Waals surface area contributed by atoms with E-state index >= 15 is 0 Å². The number of hydrogen-bond donors (Lipinski definition) is 1. The number of carbonyl (C=O) groups excluding carboxylic acids is 2. The number of carbonyl (C=O) groups is 2. The molecular weight excluding hydrogens is 346 g/mol. The van der Waals surface area contributed by atoms with Gasteiger partial charge in [-0.3, -0.25) is 4.79 Å². The quantitative estimate of drug-likeness (QED) is 0.783. The van der Waals surface area contributed by atoms with E-state index in [4.69, 9.17) is 4.74 Å². The summed E-state index contributed by atoms with van der Waals surface area (Å²) >= 11 is 0. The van der Waals surface area contributed by atoms with Crippen LogP contribution in [0.25, 0.3) is 0 Å². The fourth-order valence-corrected chi connectivity index (χ4v) is 3.56. The molecule has 0 spiro atoms. The topological polar surface area (TPSA) is 96.0 Å². The zero-order valence-electron chi connectivity index (χ0n) is 14.2. The van der Waals surface area contributed by atoms with Crippen LogP contribution >= 0.6 is 0 Å². The lowest BCUT2D eigenvalue weighted by Gasteiger charge is -2.34. The van der Waals surface area contributed by atoms with Crippen molar-refractivity contribution >= 4 is 22.0 Å². The molecule has 1 aromatic rings. The van der Waals surface area contributed by atoms with Crippen molar-refractivity contribution in [1.29, 1.82) is 0 Å². The Bertz CT molecular complexity index is 685. The van der Waals surface area contributed by atoms with Crippen LogP contribution < -0.4 is 4.72 Å². The Hall–Kier alpha value is -2.13. The van der Waals surface area contributed by atoms with Crippen LogP contribution in [0.15, 0.2) is 30.3 Å². The van der Waals surface area contributed by atoms with E-state index < -0.39 is 16.1 Å². The lowest BCUT2D eigenvalue weighted by atomic mass is 10.2. The number of nitrogens with zero attached hydrogens (tertiary/aromatic N) is 2. The minimum atomic E-state index is -3.58. The first kappa shape index (κ1) is 19.2. The van der Waals surface area contributed by atoms with Crippen LogP contribution in [0.2, 0.25) is 0 Å². The van der Waals surface area contributed by atoms with Crippen molar-refractivity contribution < 1.29 is 22.7 Å². The Kier molecular flexibility index (Phi) is 6.77. The lowest BCUT2D eigenvalue weighted by molar-refractivity contribution is -0.131. The van der Waals surface area contributed by atoms with E-state index in [0.29, 0.717) is 38.3 Å². The van der Waals surface area contributed by atoms with E-state index in [9.17, 15) is 18.0 Å². The maximum absolute atomic E-state index is 12.2. The van der Waals surface area contributed by atoms with Crippen molar-refractivity contribution in [3.63, 3.8) is 0 Å². The Morgan fingerprint density at radius 2 is 1.68 bits per heavy atom. The van der Waals surface area contributed by atoms with Crippen LogP contribution in [0.3, 0.4) is 0 Å². The molecule has 1 aromatic carbocycles. The first-order valence-corrected chi connectivity index (χ1v) is 9.77. The average Bonchev–Trinajstić information content (AvgIpc) is 2.60. The molecule has 1 aliphatic rings. The summed E-state index contributed by atoms with van der Waals surface area (Å²) in [4.78, 5) is 26.9. The number of piperazine rings is 1. The molecule has 0 atom stereocenters. The number of hydrogen-bond acceptors (Lipinski definition) is 5. The summed E-state index contributed by atoms with van der Waals surface area (Å²) in [5.74, 6) is -0.474. The predicted molar refractivity (Wildman–Crippen MR) is 92.2 cm³/mol. The zero-order valence-corrected chi connectivity index (χ0v) is 15.0. The number of nitrogens with one attached hydrogen (secondary N) is 1. The lowest BCUT2D eigenvalue weighted by Crippen LogP contribution is -2.52. The number of amides is 2. The minimum Gasteiger partial charge on any atom is -0.450 e. The molecule has 2 amide bonds. The van der Waals surface area contributed by atoms with Crippen LogP contribution in [-0.4, -0.2) is 69.5 Å². The van der Waals surface area contributed by atoms with Crippen molar-refractivity contribution in [3.05, 3.63) is 35.9 Å². The number of rotatable bonds is 6. The second-order valence-electron chi connectivity index (χ2n) is 5.63. The summed E-state index contributed by atoms with van der Waals surface area (Å²) in [5.41, 5.74) is 0.658. The minimum absolute atomic E-state index is 0.169. The highest BCUT2D eigenvalue weighted by atomic mass is 32.2. The Balaban J connectivity index is 1.78. The van der Waals surface area contributed by atoms with E-state index in [0.717, 1.165) is 0 Å². The normalized spacial score (nSPS) is 15.1. The van der Waals surface area contributed by atoms with E-state index in [1.807, 2.05) is 6.07 Å². The smallest absolute Gasteiger partial charge is 0.409 e. The third-order valence-electron chi connectivity index (χ3n) is 3.80. The molecule has 0 aliphatic carbocycles. The highest BCUT2D eigenvalue weighted by molar-refractivity contribution is 7.88. The molecule has 25 heavy (non-hydrogen) atoms. The molecule has 1 N–H and O–H groups in total. The molecule has 0 bridgehead atoms. The summed E-state index contributed by atoms with van der Waals surface area (Å²) in [6.45, 7) is 3.23. The van der Waals surface area contributed by atoms with Gasteiger partial charge in [0.1, 0.15) is 0 Å². The molecular formula is C16H23N3O5S. The Labute approximate surface area is 147 Å². The first-order valence-electron chi connectivity index (χ1n) is 8.12. The predicted octanol–water partition coefficient (Wildman–Crippen LogP) is 0.407. The monoisotopic (exact) mass is 369 g/mol. The fourth-order valence-electron chi connectivity index (χ4n) is 2.48. The fraction of sp³-hybridized carbons (Fsp3) is 0.500. The molecule has 0 aromatic heterocycles. The summed E-state index contributed by atoms with van der Waals surface area (Å²) in [5, 5.41) is 0. The van der Waals surface area contributed by atoms with Crippen molar-refractivity contribution in [2.45, 2.75) is 12.7 Å². The third-order valence-corrected chi connectivity index (χ3v) is 5.10. The van der Waals surface area contributed by atoms with Gasteiger partial charge in [0.05, 0.1) is 18.9 Å². The summed E-state index contributed by atoms with van der Waals surface area (Å²) in [7, 11) is -3.58. The summed E-state index contributed by atoms with van der Waals surface area (Å²) in [6, 6.07) is 8.77. The molecule has 138 valence electrons. The number of ether oxygens (including phenoxy) is 1. The Morgan fingerprint density at radius 3 is 2.28 bits per heavy atom. The Morgan fingerprint density at radius 1 is 1.08 bits per heavy atom. The maximum atomic E-state index is 12.2. The standard InChI is InChI=1S/C16H23N3O5S/c1-2-24-16(21)19-10-8-18(9-11-19)15(20)12-17-25(22,23)13-14-6-4-3-5-7-14/h3-7,17H,2,8-13H2,1H3. The van der Waals surface area contributed by atoms with Crippen LogP contribution in [0.4, 0.5) is 4.79 Å². The van der Waals surface area contributed by atoms with Gasteiger partial charge in [0.2, 0.25) is 15.9 Å². The number of sulfonamides is 1. The first-order chi connectivity index (χ1) is 11.9. The van der Waals surface area contributed by atoms with Crippen molar-refractivity contribution in [3.8, 4) is 0 Å². The van der Waals surface area contributed by atoms with E-state index in [1.54, 1.807) is 36.1 Å². The van der Waals surface area contributed by atoms with Crippen LogP contribution in [0.5, 0.6) is 0 Å². The largest absolute Gasteiger partial charge is 0.450 e. The van der Waals surface area contributed by atoms with Crippen molar-refractivity contribution in [2.75, 3.05) is 39.3 Å². The second-order valence-corrected chi connectivity index (χ2v) is 7.44. The molecule has 8 nitrogen and oxygen atoms in total. The molecule has 1 fully saturated rings. The van der Waals surface area contributed by atoms with Crippen LogP contribution in [0, 0.1) is 0 Å². The van der Waals surface area contributed by atoms with Crippen molar-refractivity contribution in [1.82, 2.24) is 14.5 Å². The summed E-state index contributed by atoms with van der Waals surface area (Å²) < 4.78 is 31.4. The average molecular weight is 369 g/mol. The van der Waals surface area contributed by atoms with Gasteiger partial charge in [-0.15, -0.1) is 0 Å². The maximum Gasteiger partial charge on any atom is 0.409 e. The van der Waals surface area contributed by atoms with Gasteiger partial charge in [0.15, 0.2) is 0 Å². The molecule has 0 radical (unpaired) electrons. The highest BCUT2D eigenvalue weighted by Crippen LogP contribution is 2.06. The van der Waals surface area contributed by atoms with Gasteiger partial charge in [-0.2, -0.15) is 0 Å². The summed E-state index contributed by atoms with van der Waals surface area (Å²) in [6.07, 6.45) is -0.391. The molecule has 0 saturated carbocycles. The van der Waals surface area contributed by atoms with Gasteiger partial charge < -0.3 is 14.5 Å².